The van der Waals surface area contributed by atoms with Crippen molar-refractivity contribution in [3.63, 3.8) is 0 Å². The molecule has 0 amide bonds. The van der Waals surface area contributed by atoms with E-state index in [1.54, 1.807) is 12.1 Å². The van der Waals surface area contributed by atoms with E-state index in [0.29, 0.717) is 4.90 Å². The molecule has 0 saturated heterocycles. The van der Waals surface area contributed by atoms with Crippen molar-refractivity contribution in [2.45, 2.75) is 56.9 Å². The lowest BCUT2D eigenvalue weighted by molar-refractivity contribution is 0.522. The molecule has 2 aromatic carbocycles. The maximum absolute atomic E-state index is 12.5. The molecule has 0 aliphatic carbocycles. The fraction of sp³-hybridized carbons (Fsp3) is 0.400. The Morgan fingerprint density at radius 2 is 1.50 bits per heavy atom. The van der Waals surface area contributed by atoms with Crippen molar-refractivity contribution in [2.24, 2.45) is 0 Å². The minimum Gasteiger partial charge on any atom is -0.208 e. The average Bonchev–Trinajstić information content (AvgIpc) is 2.59. The summed E-state index contributed by atoms with van der Waals surface area (Å²) in [5, 5.41) is 0. The predicted molar refractivity (Wildman–Crippen MR) is 100 cm³/mol. The zero-order valence-electron chi connectivity index (χ0n) is 14.5. The first-order valence-corrected chi connectivity index (χ1v) is 10.2. The number of rotatable bonds is 9. The first-order chi connectivity index (χ1) is 11.5. The maximum atomic E-state index is 12.5. The Hall–Kier alpha value is -1.65. The predicted octanol–water partition coefficient (Wildman–Crippen LogP) is 4.99. The van der Waals surface area contributed by atoms with Crippen LogP contribution in [0.15, 0.2) is 59.5 Å². The largest absolute Gasteiger partial charge is 0.240 e. The van der Waals surface area contributed by atoms with Crippen molar-refractivity contribution in [3.05, 3.63) is 54.6 Å². The lowest BCUT2D eigenvalue weighted by Gasteiger charge is -2.14. The molecule has 0 spiro atoms. The van der Waals surface area contributed by atoms with E-state index in [4.69, 9.17) is 0 Å². The third-order valence-electron chi connectivity index (χ3n) is 4.12. The quantitative estimate of drug-likeness (QED) is 0.651. The van der Waals surface area contributed by atoms with Crippen molar-refractivity contribution in [3.8, 4) is 11.1 Å². The van der Waals surface area contributed by atoms with Gasteiger partial charge >= 0.3 is 0 Å². The minimum atomic E-state index is -3.45. The van der Waals surface area contributed by atoms with Crippen LogP contribution in [0.5, 0.6) is 0 Å². The summed E-state index contributed by atoms with van der Waals surface area (Å²) in [5.41, 5.74) is 2.10. The minimum absolute atomic E-state index is 0.0411. The van der Waals surface area contributed by atoms with Crippen LogP contribution in [0, 0.1) is 0 Å². The summed E-state index contributed by atoms with van der Waals surface area (Å²) in [6.45, 7) is 4.10. The van der Waals surface area contributed by atoms with Gasteiger partial charge in [-0.25, -0.2) is 13.1 Å². The van der Waals surface area contributed by atoms with Crippen LogP contribution in [-0.4, -0.2) is 14.5 Å². The van der Waals surface area contributed by atoms with E-state index in [9.17, 15) is 8.42 Å². The highest BCUT2D eigenvalue weighted by molar-refractivity contribution is 7.89. The average molecular weight is 346 g/mol. The third kappa shape index (κ3) is 5.46. The van der Waals surface area contributed by atoms with Gasteiger partial charge in [-0.3, -0.25) is 0 Å². The Labute approximate surface area is 146 Å². The van der Waals surface area contributed by atoms with E-state index < -0.39 is 10.0 Å². The molecule has 2 rings (SSSR count). The number of benzene rings is 2. The van der Waals surface area contributed by atoms with Gasteiger partial charge in [-0.05, 0) is 36.6 Å². The summed E-state index contributed by atoms with van der Waals surface area (Å²) in [6.07, 6.45) is 5.49. The standard InChI is InChI=1S/C20H27NO2S/c1-3-4-5-7-10-17(2)21-24(22,23)20-15-13-19(14-16-20)18-11-8-6-9-12-18/h6,8-9,11-17,21H,3-5,7,10H2,1-2H3/t17-/m0/s1. The summed E-state index contributed by atoms with van der Waals surface area (Å²) in [7, 11) is -3.45. The third-order valence-corrected chi connectivity index (χ3v) is 5.72. The van der Waals surface area contributed by atoms with E-state index in [-0.39, 0.29) is 6.04 Å². The zero-order chi connectivity index (χ0) is 17.4. The number of unbranched alkanes of at least 4 members (excludes halogenated alkanes) is 3. The van der Waals surface area contributed by atoms with Crippen LogP contribution in [-0.2, 0) is 10.0 Å². The lowest BCUT2D eigenvalue weighted by atomic mass is 10.1. The number of hydrogen-bond acceptors (Lipinski definition) is 2. The Balaban J connectivity index is 1.99. The fourth-order valence-corrected chi connectivity index (χ4v) is 4.00. The number of hydrogen-bond donors (Lipinski definition) is 1. The van der Waals surface area contributed by atoms with E-state index >= 15 is 0 Å². The molecule has 1 atom stereocenters. The fourth-order valence-electron chi connectivity index (χ4n) is 2.73. The Morgan fingerprint density at radius 1 is 0.875 bits per heavy atom. The van der Waals surface area contributed by atoms with E-state index in [1.807, 2.05) is 49.4 Å². The van der Waals surface area contributed by atoms with Gasteiger partial charge in [-0.2, -0.15) is 0 Å². The van der Waals surface area contributed by atoms with Crippen LogP contribution in [0.25, 0.3) is 11.1 Å². The molecule has 24 heavy (non-hydrogen) atoms. The molecule has 0 saturated carbocycles. The highest BCUT2D eigenvalue weighted by Gasteiger charge is 2.17. The van der Waals surface area contributed by atoms with E-state index in [0.717, 1.165) is 30.4 Å². The summed E-state index contributed by atoms with van der Waals surface area (Å²) in [5.74, 6) is 0. The van der Waals surface area contributed by atoms with Gasteiger partial charge in [0.1, 0.15) is 0 Å². The van der Waals surface area contributed by atoms with Crippen molar-refractivity contribution in [1.82, 2.24) is 4.72 Å². The van der Waals surface area contributed by atoms with Crippen LogP contribution in [0.4, 0.5) is 0 Å². The van der Waals surface area contributed by atoms with E-state index in [2.05, 4.69) is 11.6 Å². The first-order valence-electron chi connectivity index (χ1n) is 8.71. The highest BCUT2D eigenvalue weighted by Crippen LogP contribution is 2.21. The van der Waals surface area contributed by atoms with Gasteiger partial charge in [0, 0.05) is 6.04 Å². The molecular formula is C20H27NO2S. The molecule has 3 nitrogen and oxygen atoms in total. The number of sulfonamides is 1. The van der Waals surface area contributed by atoms with Crippen LogP contribution in [0.3, 0.4) is 0 Å². The molecule has 0 aliphatic heterocycles. The molecular weight excluding hydrogens is 318 g/mol. The molecule has 0 radical (unpaired) electrons. The molecule has 130 valence electrons. The zero-order valence-corrected chi connectivity index (χ0v) is 15.4. The van der Waals surface area contributed by atoms with Gasteiger partial charge in [0.05, 0.1) is 4.90 Å². The molecule has 2 aromatic rings. The van der Waals surface area contributed by atoms with Crippen molar-refractivity contribution in [2.75, 3.05) is 0 Å². The van der Waals surface area contributed by atoms with Crippen molar-refractivity contribution < 1.29 is 8.42 Å². The second-order valence-corrected chi connectivity index (χ2v) is 7.98. The smallest absolute Gasteiger partial charge is 0.208 e. The molecule has 0 heterocycles. The summed E-state index contributed by atoms with van der Waals surface area (Å²) in [6, 6.07) is 17.0. The van der Waals surface area contributed by atoms with Crippen LogP contribution < -0.4 is 4.72 Å². The van der Waals surface area contributed by atoms with Gasteiger partial charge in [0.15, 0.2) is 0 Å². The SMILES string of the molecule is CCCCCC[C@H](C)NS(=O)(=O)c1ccc(-c2ccccc2)cc1. The summed E-state index contributed by atoms with van der Waals surface area (Å²) in [4.78, 5) is 0.322. The Kier molecular flexibility index (Phi) is 7.00. The van der Waals surface area contributed by atoms with Gasteiger partial charge in [0.25, 0.3) is 0 Å². The van der Waals surface area contributed by atoms with Gasteiger partial charge in [-0.1, -0.05) is 75.1 Å². The topological polar surface area (TPSA) is 46.2 Å². The molecule has 4 heteroatoms. The van der Waals surface area contributed by atoms with Crippen LogP contribution in [0.1, 0.15) is 46.0 Å². The first kappa shape index (κ1) is 18.7. The molecule has 0 fully saturated rings. The van der Waals surface area contributed by atoms with Crippen molar-refractivity contribution >= 4 is 10.0 Å². The summed E-state index contributed by atoms with van der Waals surface area (Å²) < 4.78 is 27.7. The van der Waals surface area contributed by atoms with Crippen LogP contribution >= 0.6 is 0 Å². The Bertz CT molecular complexity index is 709. The molecule has 0 bridgehead atoms. The second-order valence-electron chi connectivity index (χ2n) is 6.26. The Morgan fingerprint density at radius 3 is 2.12 bits per heavy atom. The normalized spacial score (nSPS) is 12.9. The second kappa shape index (κ2) is 9.00. The van der Waals surface area contributed by atoms with E-state index in [1.165, 1.54) is 12.8 Å². The van der Waals surface area contributed by atoms with Gasteiger partial charge in [-0.15, -0.1) is 0 Å². The van der Waals surface area contributed by atoms with Crippen molar-refractivity contribution in [1.29, 1.82) is 0 Å². The highest BCUT2D eigenvalue weighted by atomic mass is 32.2. The molecule has 1 N–H and O–H groups in total. The monoisotopic (exact) mass is 345 g/mol. The molecule has 0 aromatic heterocycles. The molecule has 0 aliphatic rings. The maximum Gasteiger partial charge on any atom is 0.240 e. The lowest BCUT2D eigenvalue weighted by Crippen LogP contribution is -2.32. The number of nitrogens with one attached hydrogen (secondary N) is 1. The van der Waals surface area contributed by atoms with Crippen LogP contribution in [0.2, 0.25) is 0 Å². The molecule has 0 unspecified atom stereocenters. The van der Waals surface area contributed by atoms with Gasteiger partial charge in [0.2, 0.25) is 10.0 Å². The van der Waals surface area contributed by atoms with Gasteiger partial charge < -0.3 is 0 Å². The summed E-state index contributed by atoms with van der Waals surface area (Å²) >= 11 is 0.